The minimum absolute atomic E-state index is 0.0187. The zero-order chi connectivity index (χ0) is 29.2. The number of amides is 3. The van der Waals surface area contributed by atoms with Crippen LogP contribution in [-0.4, -0.2) is 64.4 Å². The maximum Gasteiger partial charge on any atom is 0.326 e. The minimum atomic E-state index is -0.613. The van der Waals surface area contributed by atoms with Crippen LogP contribution in [0.1, 0.15) is 61.9 Å². The molecule has 220 valence electrons. The molecule has 1 aromatic heterocycles. The Morgan fingerprint density at radius 2 is 1.63 bits per heavy atom. The van der Waals surface area contributed by atoms with Crippen molar-refractivity contribution in [2.75, 3.05) is 26.2 Å². The van der Waals surface area contributed by atoms with Crippen molar-refractivity contribution >= 4 is 28.8 Å². The van der Waals surface area contributed by atoms with Gasteiger partial charge < -0.3 is 20.9 Å². The first-order valence-electron chi connectivity index (χ1n) is 14.7. The number of fused-ring (bicyclic) bond motifs is 1. The topological polar surface area (TPSA) is 128 Å². The highest BCUT2D eigenvalue weighted by molar-refractivity contribution is 5.97. The summed E-state index contributed by atoms with van der Waals surface area (Å²) in [5.74, 6) is -0.555. The Balaban J connectivity index is 1.52. The molecule has 0 fully saturated rings. The van der Waals surface area contributed by atoms with Crippen LogP contribution in [0.3, 0.4) is 0 Å². The fraction of sp³-hybridized carbons (Fsp3) is 0.484. The van der Waals surface area contributed by atoms with Gasteiger partial charge in [-0.3, -0.25) is 23.9 Å². The van der Waals surface area contributed by atoms with Crippen LogP contribution < -0.4 is 21.6 Å². The Labute approximate surface area is 240 Å². The van der Waals surface area contributed by atoms with E-state index in [1.54, 1.807) is 22.8 Å². The molecule has 4 rings (SSSR count). The highest BCUT2D eigenvalue weighted by atomic mass is 16.2. The van der Waals surface area contributed by atoms with E-state index in [-0.39, 0.29) is 29.3 Å². The number of aromatic amines is 1. The van der Waals surface area contributed by atoms with Gasteiger partial charge in [0.1, 0.15) is 6.04 Å². The number of imidazole rings is 1. The van der Waals surface area contributed by atoms with E-state index in [4.69, 9.17) is 0 Å². The maximum absolute atomic E-state index is 13.1. The molecule has 2 heterocycles. The van der Waals surface area contributed by atoms with Crippen molar-refractivity contribution in [1.82, 2.24) is 30.4 Å². The number of benzene rings is 2. The second-order valence-corrected chi connectivity index (χ2v) is 10.9. The molecule has 10 heteroatoms. The zero-order valence-corrected chi connectivity index (χ0v) is 24.1. The highest BCUT2D eigenvalue weighted by Gasteiger charge is 2.25. The Bertz CT molecular complexity index is 1380. The molecule has 1 aliphatic heterocycles. The average molecular weight is 563 g/mol. The molecule has 3 amide bonds. The second-order valence-electron chi connectivity index (χ2n) is 10.9. The van der Waals surface area contributed by atoms with Gasteiger partial charge >= 0.3 is 5.69 Å². The van der Waals surface area contributed by atoms with Crippen LogP contribution in [0, 0.1) is 5.92 Å². The largest absolute Gasteiger partial charge is 0.354 e. The van der Waals surface area contributed by atoms with E-state index in [1.807, 2.05) is 32.0 Å². The Kier molecular flexibility index (Phi) is 10.7. The first-order chi connectivity index (χ1) is 19.9. The molecule has 10 nitrogen and oxygen atoms in total. The van der Waals surface area contributed by atoms with Crippen LogP contribution >= 0.6 is 0 Å². The summed E-state index contributed by atoms with van der Waals surface area (Å²) in [7, 11) is 0. The third-order valence-electron chi connectivity index (χ3n) is 7.77. The molecule has 1 aliphatic rings. The van der Waals surface area contributed by atoms with Gasteiger partial charge in [0.05, 0.1) is 11.0 Å². The van der Waals surface area contributed by atoms with Crippen LogP contribution in [0.4, 0.5) is 0 Å². The van der Waals surface area contributed by atoms with Gasteiger partial charge in [0, 0.05) is 44.7 Å². The van der Waals surface area contributed by atoms with Crippen LogP contribution in [0.5, 0.6) is 0 Å². The summed E-state index contributed by atoms with van der Waals surface area (Å²) in [6.07, 6.45) is 3.01. The van der Waals surface area contributed by atoms with E-state index in [0.717, 1.165) is 32.5 Å². The third kappa shape index (κ3) is 8.29. The lowest BCUT2D eigenvalue weighted by atomic mass is 9.98. The van der Waals surface area contributed by atoms with Crippen LogP contribution in [0.15, 0.2) is 53.3 Å². The van der Waals surface area contributed by atoms with Crippen LogP contribution in [0.25, 0.3) is 11.0 Å². The molecule has 0 aliphatic carbocycles. The van der Waals surface area contributed by atoms with Crippen molar-refractivity contribution in [3.05, 3.63) is 70.1 Å². The number of rotatable bonds is 4. The Morgan fingerprint density at radius 3 is 2.41 bits per heavy atom. The molecule has 0 radical (unpaired) electrons. The van der Waals surface area contributed by atoms with Gasteiger partial charge in [0.15, 0.2) is 0 Å². The summed E-state index contributed by atoms with van der Waals surface area (Å²) in [6.45, 7) is 7.43. The predicted molar refractivity (Wildman–Crippen MR) is 159 cm³/mol. The van der Waals surface area contributed by atoms with Crippen LogP contribution in [-0.2, 0) is 22.7 Å². The van der Waals surface area contributed by atoms with Crippen LogP contribution in [0.2, 0.25) is 0 Å². The predicted octanol–water partition coefficient (Wildman–Crippen LogP) is 2.78. The molecule has 0 saturated carbocycles. The number of carbonyl (C=O) groups excluding carboxylic acids is 3. The molecule has 3 aromatic rings. The minimum Gasteiger partial charge on any atom is -0.354 e. The van der Waals surface area contributed by atoms with Gasteiger partial charge in [0.25, 0.3) is 5.91 Å². The smallest absolute Gasteiger partial charge is 0.326 e. The molecule has 0 saturated heterocycles. The molecular formula is C31H42N6O4. The lowest BCUT2D eigenvalue weighted by Crippen LogP contribution is -2.50. The standard InChI is InChI=1S/C31H42N6O4/c1-3-22(2)28-30(40)33-16-9-19-37-26-20-24(13-14-25(26)34-31(37)41)29(39)32-15-8-18-36(17-7-12-27(38)35-28)21-23-10-5-4-6-11-23/h4-6,10-11,13-14,20,22,28H,3,7-9,12,15-19,21H2,1-2H3,(H,32,39)(H,33,40)(H,34,41)(H,35,38)/t22-,28-/m0/s1. The lowest BCUT2D eigenvalue weighted by Gasteiger charge is -2.25. The number of aromatic nitrogens is 2. The number of nitrogens with one attached hydrogen (secondary N) is 4. The molecule has 4 N–H and O–H groups in total. The Morgan fingerprint density at radius 1 is 0.902 bits per heavy atom. The van der Waals surface area contributed by atoms with Gasteiger partial charge in [-0.1, -0.05) is 50.6 Å². The highest BCUT2D eigenvalue weighted by Crippen LogP contribution is 2.14. The first-order valence-corrected chi connectivity index (χ1v) is 14.7. The maximum atomic E-state index is 13.1. The fourth-order valence-corrected chi connectivity index (χ4v) is 5.20. The van der Waals surface area contributed by atoms with E-state index in [2.05, 4.69) is 38.0 Å². The van der Waals surface area contributed by atoms with Gasteiger partial charge in [-0.15, -0.1) is 0 Å². The number of hydrogen-bond donors (Lipinski definition) is 4. The van der Waals surface area contributed by atoms with Gasteiger partial charge in [-0.25, -0.2) is 4.79 Å². The van der Waals surface area contributed by atoms with Gasteiger partial charge in [0.2, 0.25) is 11.8 Å². The summed E-state index contributed by atoms with van der Waals surface area (Å²) < 4.78 is 1.59. The Hall–Kier alpha value is -3.92. The first kappa shape index (κ1) is 30.0. The number of hydrogen-bond acceptors (Lipinski definition) is 5. The average Bonchev–Trinajstić information content (AvgIpc) is 3.29. The van der Waals surface area contributed by atoms with Crippen molar-refractivity contribution < 1.29 is 14.4 Å². The van der Waals surface area contributed by atoms with Crippen molar-refractivity contribution in [3.8, 4) is 0 Å². The van der Waals surface area contributed by atoms with E-state index in [9.17, 15) is 19.2 Å². The van der Waals surface area contributed by atoms with Crippen molar-refractivity contribution in [2.24, 2.45) is 5.92 Å². The zero-order valence-electron chi connectivity index (χ0n) is 24.1. The van der Waals surface area contributed by atoms with E-state index in [0.29, 0.717) is 55.5 Å². The van der Waals surface area contributed by atoms with E-state index in [1.165, 1.54) is 5.56 Å². The molecule has 2 aromatic carbocycles. The summed E-state index contributed by atoms with van der Waals surface area (Å²) in [4.78, 5) is 56.6. The molecule has 41 heavy (non-hydrogen) atoms. The van der Waals surface area contributed by atoms with Gasteiger partial charge in [-0.2, -0.15) is 0 Å². The van der Waals surface area contributed by atoms with E-state index < -0.39 is 6.04 Å². The number of H-pyrrole nitrogens is 1. The molecule has 2 atom stereocenters. The second kappa shape index (κ2) is 14.6. The van der Waals surface area contributed by atoms with Crippen molar-refractivity contribution in [3.63, 3.8) is 0 Å². The van der Waals surface area contributed by atoms with E-state index >= 15 is 0 Å². The molecule has 2 bridgehead atoms. The number of carbonyl (C=O) groups is 3. The third-order valence-corrected chi connectivity index (χ3v) is 7.77. The fourth-order valence-electron chi connectivity index (χ4n) is 5.20. The summed E-state index contributed by atoms with van der Waals surface area (Å²) in [6, 6.07) is 14.8. The monoisotopic (exact) mass is 562 g/mol. The summed E-state index contributed by atoms with van der Waals surface area (Å²) >= 11 is 0. The van der Waals surface area contributed by atoms with Gasteiger partial charge in [-0.05, 0) is 55.5 Å². The quantitative estimate of drug-likeness (QED) is 0.389. The molecular weight excluding hydrogens is 520 g/mol. The molecule has 0 spiro atoms. The molecule has 0 unspecified atom stereocenters. The summed E-state index contributed by atoms with van der Waals surface area (Å²) in [5, 5.41) is 8.91. The van der Waals surface area contributed by atoms with Crippen molar-refractivity contribution in [1.29, 1.82) is 0 Å². The number of aryl methyl sites for hydroxylation is 1. The normalized spacial score (nSPS) is 19.7. The number of nitrogens with zero attached hydrogens (tertiary/aromatic N) is 2. The lowest BCUT2D eigenvalue weighted by molar-refractivity contribution is -0.130. The SMILES string of the molecule is CC[C@H](C)[C@@H]1NC(=O)CCCN(Cc2ccccc2)CCCNC(=O)c2ccc3[nH]c(=O)n(c3c2)CCCNC1=O. The van der Waals surface area contributed by atoms with Crippen molar-refractivity contribution in [2.45, 2.75) is 65.1 Å². The summed E-state index contributed by atoms with van der Waals surface area (Å²) in [5.41, 5.74) is 2.73.